The highest BCUT2D eigenvalue weighted by atomic mass is 32.2. The molecule has 0 atom stereocenters. The van der Waals surface area contributed by atoms with E-state index in [0.717, 1.165) is 17.4 Å². The van der Waals surface area contributed by atoms with Crippen molar-refractivity contribution in [2.24, 2.45) is 0 Å². The summed E-state index contributed by atoms with van der Waals surface area (Å²) in [6.45, 7) is 7.52. The van der Waals surface area contributed by atoms with Crippen LogP contribution in [0.25, 0.3) is 0 Å². The molecule has 0 radical (unpaired) electrons. The van der Waals surface area contributed by atoms with Gasteiger partial charge < -0.3 is 10.2 Å². The van der Waals surface area contributed by atoms with E-state index >= 15 is 0 Å². The molecule has 1 heterocycles. The molecule has 0 aliphatic carbocycles. The fourth-order valence-electron chi connectivity index (χ4n) is 1.31. The van der Waals surface area contributed by atoms with Crippen molar-refractivity contribution >= 4 is 26.3 Å². The lowest BCUT2D eigenvalue weighted by Crippen LogP contribution is -2.35. The SMILES string of the molecule is CN(CCS(C)(=O)=O)c1nc(CNC(C)(C)C)cs1. The van der Waals surface area contributed by atoms with Crippen molar-refractivity contribution in [2.45, 2.75) is 32.9 Å². The second kappa shape index (κ2) is 6.19. The molecule has 110 valence electrons. The molecule has 0 bridgehead atoms. The van der Waals surface area contributed by atoms with Crippen LogP contribution in [0.5, 0.6) is 0 Å². The maximum atomic E-state index is 11.1. The molecule has 0 aliphatic heterocycles. The first kappa shape index (κ1) is 16.4. The molecular weight excluding hydrogens is 282 g/mol. The Kier molecular flexibility index (Phi) is 5.34. The number of nitrogens with one attached hydrogen (secondary N) is 1. The zero-order valence-electron chi connectivity index (χ0n) is 12.2. The van der Waals surface area contributed by atoms with Crippen LogP contribution < -0.4 is 10.2 Å². The van der Waals surface area contributed by atoms with E-state index in [1.807, 2.05) is 17.3 Å². The Labute approximate surface area is 120 Å². The lowest BCUT2D eigenvalue weighted by atomic mass is 10.1. The first-order chi connectivity index (χ1) is 8.57. The first-order valence-corrected chi connectivity index (χ1v) is 9.09. The predicted octanol–water partition coefficient (Wildman–Crippen LogP) is 1.51. The van der Waals surface area contributed by atoms with E-state index < -0.39 is 9.84 Å². The minimum atomic E-state index is -2.93. The Hall–Kier alpha value is -0.660. The van der Waals surface area contributed by atoms with Gasteiger partial charge in [-0.15, -0.1) is 11.3 Å². The molecule has 0 amide bonds. The number of hydrogen-bond acceptors (Lipinski definition) is 6. The Morgan fingerprint density at radius 1 is 1.42 bits per heavy atom. The average molecular weight is 305 g/mol. The van der Waals surface area contributed by atoms with Crippen LogP contribution in [0.3, 0.4) is 0 Å². The molecule has 1 N–H and O–H groups in total. The van der Waals surface area contributed by atoms with Crippen molar-refractivity contribution in [2.75, 3.05) is 30.5 Å². The first-order valence-electron chi connectivity index (χ1n) is 6.15. The number of aromatic nitrogens is 1. The van der Waals surface area contributed by atoms with Gasteiger partial charge in [0, 0.05) is 37.3 Å². The predicted molar refractivity (Wildman–Crippen MR) is 81.7 cm³/mol. The van der Waals surface area contributed by atoms with Gasteiger partial charge in [-0.25, -0.2) is 13.4 Å². The number of thiazole rings is 1. The third kappa shape index (κ3) is 6.89. The van der Waals surface area contributed by atoms with Crippen molar-refractivity contribution in [3.8, 4) is 0 Å². The maximum absolute atomic E-state index is 11.1. The molecular formula is C12H23N3O2S2. The molecule has 19 heavy (non-hydrogen) atoms. The fraction of sp³-hybridized carbons (Fsp3) is 0.750. The van der Waals surface area contributed by atoms with E-state index in [9.17, 15) is 8.42 Å². The average Bonchev–Trinajstić information content (AvgIpc) is 2.69. The van der Waals surface area contributed by atoms with E-state index in [2.05, 4.69) is 31.1 Å². The van der Waals surface area contributed by atoms with Gasteiger partial charge in [0.1, 0.15) is 9.84 Å². The van der Waals surface area contributed by atoms with Gasteiger partial charge in [0.2, 0.25) is 0 Å². The molecule has 0 saturated heterocycles. The summed E-state index contributed by atoms with van der Waals surface area (Å²) in [5.41, 5.74) is 1.05. The van der Waals surface area contributed by atoms with Crippen molar-refractivity contribution in [3.05, 3.63) is 11.1 Å². The zero-order valence-corrected chi connectivity index (χ0v) is 13.9. The smallest absolute Gasteiger partial charge is 0.185 e. The van der Waals surface area contributed by atoms with Gasteiger partial charge >= 0.3 is 0 Å². The van der Waals surface area contributed by atoms with Gasteiger partial charge in [0.05, 0.1) is 11.4 Å². The van der Waals surface area contributed by atoms with Crippen LogP contribution in [0.4, 0.5) is 5.13 Å². The summed E-state index contributed by atoms with van der Waals surface area (Å²) in [5, 5.41) is 6.24. The fourth-order valence-corrected chi connectivity index (χ4v) is 2.73. The van der Waals surface area contributed by atoms with Gasteiger partial charge in [0.25, 0.3) is 0 Å². The van der Waals surface area contributed by atoms with E-state index in [1.54, 1.807) is 0 Å². The van der Waals surface area contributed by atoms with E-state index in [0.29, 0.717) is 6.54 Å². The molecule has 0 spiro atoms. The quantitative estimate of drug-likeness (QED) is 0.863. The number of hydrogen-bond donors (Lipinski definition) is 1. The molecule has 0 saturated carbocycles. The summed E-state index contributed by atoms with van der Waals surface area (Å²) >= 11 is 1.54. The summed E-state index contributed by atoms with van der Waals surface area (Å²) in [6, 6.07) is 0. The molecule has 0 aromatic carbocycles. The Bertz CT molecular complexity index is 503. The molecule has 1 aromatic rings. The molecule has 7 heteroatoms. The second-order valence-electron chi connectivity index (χ2n) is 5.78. The number of sulfone groups is 1. The van der Waals surface area contributed by atoms with Crippen LogP contribution >= 0.6 is 11.3 Å². The molecule has 1 aromatic heterocycles. The summed E-state index contributed by atoms with van der Waals surface area (Å²) < 4.78 is 22.3. The van der Waals surface area contributed by atoms with E-state index in [1.165, 1.54) is 17.6 Å². The third-order valence-electron chi connectivity index (χ3n) is 2.46. The molecule has 0 fully saturated rings. The van der Waals surface area contributed by atoms with E-state index in [-0.39, 0.29) is 11.3 Å². The lowest BCUT2D eigenvalue weighted by molar-refractivity contribution is 0.422. The molecule has 5 nitrogen and oxygen atoms in total. The molecule has 1 rings (SSSR count). The highest BCUT2D eigenvalue weighted by Gasteiger charge is 2.12. The summed E-state index contributed by atoms with van der Waals surface area (Å²) in [5.74, 6) is 0.151. The maximum Gasteiger partial charge on any atom is 0.185 e. The van der Waals surface area contributed by atoms with Crippen LogP contribution in [0, 0.1) is 0 Å². The van der Waals surface area contributed by atoms with Crippen LogP contribution in [0.2, 0.25) is 0 Å². The summed E-state index contributed by atoms with van der Waals surface area (Å²) in [7, 11) is -1.06. The Balaban J connectivity index is 2.54. The summed E-state index contributed by atoms with van der Waals surface area (Å²) in [6.07, 6.45) is 1.25. The van der Waals surface area contributed by atoms with Gasteiger partial charge in [-0.1, -0.05) is 0 Å². The second-order valence-corrected chi connectivity index (χ2v) is 8.87. The monoisotopic (exact) mass is 305 g/mol. The highest BCUT2D eigenvalue weighted by Crippen LogP contribution is 2.19. The minimum Gasteiger partial charge on any atom is -0.350 e. The Morgan fingerprint density at radius 2 is 2.05 bits per heavy atom. The van der Waals surface area contributed by atoms with Gasteiger partial charge in [-0.3, -0.25) is 0 Å². The van der Waals surface area contributed by atoms with Crippen molar-refractivity contribution in [3.63, 3.8) is 0 Å². The minimum absolute atomic E-state index is 0.0615. The van der Waals surface area contributed by atoms with Crippen molar-refractivity contribution < 1.29 is 8.42 Å². The Morgan fingerprint density at radius 3 is 2.58 bits per heavy atom. The van der Waals surface area contributed by atoms with Gasteiger partial charge in [-0.2, -0.15) is 0 Å². The van der Waals surface area contributed by atoms with Gasteiger partial charge in [-0.05, 0) is 20.8 Å². The number of nitrogens with zero attached hydrogens (tertiary/aromatic N) is 2. The van der Waals surface area contributed by atoms with E-state index in [4.69, 9.17) is 0 Å². The van der Waals surface area contributed by atoms with Crippen molar-refractivity contribution in [1.29, 1.82) is 0 Å². The van der Waals surface area contributed by atoms with Crippen LogP contribution in [-0.4, -0.2) is 44.5 Å². The molecule has 0 aliphatic rings. The lowest BCUT2D eigenvalue weighted by Gasteiger charge is -2.19. The van der Waals surface area contributed by atoms with Crippen LogP contribution in [0.1, 0.15) is 26.5 Å². The highest BCUT2D eigenvalue weighted by molar-refractivity contribution is 7.90. The largest absolute Gasteiger partial charge is 0.350 e. The number of anilines is 1. The zero-order chi connectivity index (χ0) is 14.7. The topological polar surface area (TPSA) is 62.3 Å². The number of rotatable bonds is 6. The molecule has 0 unspecified atom stereocenters. The summed E-state index contributed by atoms with van der Waals surface area (Å²) in [4.78, 5) is 6.38. The van der Waals surface area contributed by atoms with Crippen LogP contribution in [0.15, 0.2) is 5.38 Å². The van der Waals surface area contributed by atoms with Crippen molar-refractivity contribution in [1.82, 2.24) is 10.3 Å². The third-order valence-corrected chi connectivity index (χ3v) is 4.39. The normalized spacial score (nSPS) is 12.7. The standard InChI is InChI=1S/C12H23N3O2S2/c1-12(2,3)13-8-10-9-18-11(14-10)15(4)6-7-19(5,16)17/h9,13H,6-8H2,1-5H3. The van der Waals surface area contributed by atoms with Gasteiger partial charge in [0.15, 0.2) is 5.13 Å². The van der Waals surface area contributed by atoms with Crippen LogP contribution in [-0.2, 0) is 16.4 Å².